The van der Waals surface area contributed by atoms with E-state index in [0.29, 0.717) is 15.6 Å². The van der Waals surface area contributed by atoms with Crippen LogP contribution < -0.4 is 5.32 Å². The van der Waals surface area contributed by atoms with E-state index in [1.54, 1.807) is 14.0 Å². The molecule has 13 heavy (non-hydrogen) atoms. The standard InChI is InChI=1S/C9H9BrFNO/c1-5-3-8(11)7(10)4-6(5)9(13)12-2/h3-4H,1-2H3,(H,12,13). The molecule has 0 aliphatic carbocycles. The van der Waals surface area contributed by atoms with Crippen LogP contribution in [-0.4, -0.2) is 13.0 Å². The fourth-order valence-corrected chi connectivity index (χ4v) is 1.37. The number of halogens is 2. The van der Waals surface area contributed by atoms with Gasteiger partial charge < -0.3 is 5.32 Å². The Labute approximate surface area is 84.3 Å². The SMILES string of the molecule is CNC(=O)c1cc(Br)c(F)cc1C. The first-order valence-corrected chi connectivity index (χ1v) is 4.53. The molecular weight excluding hydrogens is 237 g/mol. The first kappa shape index (κ1) is 10.2. The highest BCUT2D eigenvalue weighted by molar-refractivity contribution is 9.10. The Morgan fingerprint density at radius 3 is 2.69 bits per heavy atom. The number of benzene rings is 1. The van der Waals surface area contributed by atoms with Gasteiger partial charge in [-0.15, -0.1) is 0 Å². The van der Waals surface area contributed by atoms with E-state index in [-0.39, 0.29) is 11.7 Å². The Kier molecular flexibility index (Phi) is 3.03. The molecule has 1 N–H and O–H groups in total. The molecule has 0 atom stereocenters. The van der Waals surface area contributed by atoms with Crippen molar-refractivity contribution >= 4 is 21.8 Å². The molecule has 1 aromatic rings. The van der Waals surface area contributed by atoms with E-state index in [1.807, 2.05) is 0 Å². The van der Waals surface area contributed by atoms with Crippen LogP contribution in [0.15, 0.2) is 16.6 Å². The highest BCUT2D eigenvalue weighted by atomic mass is 79.9. The van der Waals surface area contributed by atoms with Gasteiger partial charge in [-0.25, -0.2) is 4.39 Å². The number of rotatable bonds is 1. The van der Waals surface area contributed by atoms with Crippen molar-refractivity contribution in [1.82, 2.24) is 5.32 Å². The lowest BCUT2D eigenvalue weighted by molar-refractivity contribution is 0.0962. The molecule has 1 rings (SSSR count). The highest BCUT2D eigenvalue weighted by Crippen LogP contribution is 2.20. The lowest BCUT2D eigenvalue weighted by Gasteiger charge is -2.05. The van der Waals surface area contributed by atoms with Crippen LogP contribution in [0.4, 0.5) is 4.39 Å². The molecule has 0 aliphatic rings. The van der Waals surface area contributed by atoms with Gasteiger partial charge >= 0.3 is 0 Å². The summed E-state index contributed by atoms with van der Waals surface area (Å²) < 4.78 is 13.3. The number of hydrogen-bond donors (Lipinski definition) is 1. The number of amides is 1. The monoisotopic (exact) mass is 245 g/mol. The zero-order valence-corrected chi connectivity index (χ0v) is 8.90. The summed E-state index contributed by atoms with van der Waals surface area (Å²) in [5.74, 6) is -0.566. The fourth-order valence-electron chi connectivity index (χ4n) is 1.03. The zero-order valence-electron chi connectivity index (χ0n) is 7.32. The number of carbonyl (C=O) groups is 1. The van der Waals surface area contributed by atoms with Crippen molar-refractivity contribution in [3.05, 3.63) is 33.5 Å². The van der Waals surface area contributed by atoms with Gasteiger partial charge in [-0.05, 0) is 40.5 Å². The second-order valence-corrected chi connectivity index (χ2v) is 3.51. The van der Waals surface area contributed by atoms with Gasteiger partial charge in [0.25, 0.3) is 5.91 Å². The molecule has 0 saturated heterocycles. The molecule has 0 aliphatic heterocycles. The van der Waals surface area contributed by atoms with Crippen LogP contribution in [0.5, 0.6) is 0 Å². The normalized spacial score (nSPS) is 9.85. The maximum atomic E-state index is 12.9. The molecule has 2 nitrogen and oxygen atoms in total. The van der Waals surface area contributed by atoms with E-state index < -0.39 is 0 Å². The predicted molar refractivity (Wildman–Crippen MR) is 52.2 cm³/mol. The van der Waals surface area contributed by atoms with Crippen LogP contribution >= 0.6 is 15.9 Å². The molecule has 0 unspecified atom stereocenters. The minimum absolute atomic E-state index is 0.210. The number of carbonyl (C=O) groups excluding carboxylic acids is 1. The van der Waals surface area contributed by atoms with Crippen molar-refractivity contribution in [3.8, 4) is 0 Å². The molecule has 0 saturated carbocycles. The summed E-state index contributed by atoms with van der Waals surface area (Å²) in [5, 5.41) is 2.49. The van der Waals surface area contributed by atoms with Gasteiger partial charge in [-0.2, -0.15) is 0 Å². The summed E-state index contributed by atoms with van der Waals surface area (Å²) in [6.45, 7) is 1.69. The van der Waals surface area contributed by atoms with E-state index in [9.17, 15) is 9.18 Å². The minimum atomic E-state index is -0.356. The topological polar surface area (TPSA) is 29.1 Å². The van der Waals surface area contributed by atoms with E-state index in [0.717, 1.165) is 0 Å². The molecule has 0 fully saturated rings. The Morgan fingerprint density at radius 1 is 1.54 bits per heavy atom. The summed E-state index contributed by atoms with van der Waals surface area (Å²) in [5.41, 5.74) is 1.11. The van der Waals surface area contributed by atoms with Crippen LogP contribution in [0, 0.1) is 12.7 Å². The van der Waals surface area contributed by atoms with E-state index in [1.165, 1.54) is 12.1 Å². The van der Waals surface area contributed by atoms with Gasteiger partial charge in [0.2, 0.25) is 0 Å². The van der Waals surface area contributed by atoms with Crippen LogP contribution in [-0.2, 0) is 0 Å². The van der Waals surface area contributed by atoms with Crippen LogP contribution in [0.25, 0.3) is 0 Å². The summed E-state index contributed by atoms with van der Waals surface area (Å²) >= 11 is 3.02. The third-order valence-electron chi connectivity index (χ3n) is 1.74. The molecule has 1 aromatic carbocycles. The Hall–Kier alpha value is -0.900. The fraction of sp³-hybridized carbons (Fsp3) is 0.222. The van der Waals surface area contributed by atoms with Crippen molar-refractivity contribution in [2.75, 3.05) is 7.05 Å². The molecule has 0 heterocycles. The van der Waals surface area contributed by atoms with Gasteiger partial charge in [0.1, 0.15) is 5.82 Å². The molecule has 0 aromatic heterocycles. The molecule has 1 amide bonds. The maximum Gasteiger partial charge on any atom is 0.251 e. The van der Waals surface area contributed by atoms with Crippen LogP contribution in [0.1, 0.15) is 15.9 Å². The summed E-state index contributed by atoms with van der Waals surface area (Å²) in [6.07, 6.45) is 0. The second kappa shape index (κ2) is 3.87. The third-order valence-corrected chi connectivity index (χ3v) is 2.35. The van der Waals surface area contributed by atoms with Crippen molar-refractivity contribution in [1.29, 1.82) is 0 Å². The first-order chi connectivity index (χ1) is 6.06. The Bertz CT molecular complexity index is 352. The predicted octanol–water partition coefficient (Wildman–Crippen LogP) is 2.26. The summed E-state index contributed by atoms with van der Waals surface area (Å²) in [7, 11) is 1.54. The zero-order chi connectivity index (χ0) is 10.0. The average Bonchev–Trinajstić information content (AvgIpc) is 2.10. The van der Waals surface area contributed by atoms with E-state index in [2.05, 4.69) is 21.2 Å². The van der Waals surface area contributed by atoms with Gasteiger partial charge in [0.05, 0.1) is 4.47 Å². The molecule has 0 radical (unpaired) electrons. The number of hydrogen-bond acceptors (Lipinski definition) is 1. The van der Waals surface area contributed by atoms with Gasteiger partial charge in [-0.1, -0.05) is 0 Å². The molecule has 70 valence electrons. The van der Waals surface area contributed by atoms with Crippen LogP contribution in [0.3, 0.4) is 0 Å². The first-order valence-electron chi connectivity index (χ1n) is 3.74. The van der Waals surface area contributed by atoms with Gasteiger partial charge in [-0.3, -0.25) is 4.79 Å². The molecular formula is C9H9BrFNO. The summed E-state index contributed by atoms with van der Waals surface area (Å²) in [6, 6.07) is 2.80. The Morgan fingerprint density at radius 2 is 2.15 bits per heavy atom. The van der Waals surface area contributed by atoms with Crippen molar-refractivity contribution < 1.29 is 9.18 Å². The quantitative estimate of drug-likeness (QED) is 0.809. The minimum Gasteiger partial charge on any atom is -0.355 e. The molecule has 0 bridgehead atoms. The van der Waals surface area contributed by atoms with Crippen LogP contribution in [0.2, 0.25) is 0 Å². The largest absolute Gasteiger partial charge is 0.355 e. The average molecular weight is 246 g/mol. The summed E-state index contributed by atoms with van der Waals surface area (Å²) in [4.78, 5) is 11.2. The second-order valence-electron chi connectivity index (χ2n) is 2.66. The third kappa shape index (κ3) is 2.06. The van der Waals surface area contributed by atoms with Crippen molar-refractivity contribution in [2.45, 2.75) is 6.92 Å². The van der Waals surface area contributed by atoms with E-state index >= 15 is 0 Å². The Balaban J connectivity index is 3.23. The van der Waals surface area contributed by atoms with E-state index in [4.69, 9.17) is 0 Å². The maximum absolute atomic E-state index is 12.9. The van der Waals surface area contributed by atoms with Gasteiger partial charge in [0.15, 0.2) is 0 Å². The smallest absolute Gasteiger partial charge is 0.251 e. The number of nitrogens with one attached hydrogen (secondary N) is 1. The lowest BCUT2D eigenvalue weighted by Crippen LogP contribution is -2.19. The van der Waals surface area contributed by atoms with Gasteiger partial charge in [0, 0.05) is 12.6 Å². The highest BCUT2D eigenvalue weighted by Gasteiger charge is 2.10. The molecule has 4 heteroatoms. The number of aryl methyl sites for hydroxylation is 1. The van der Waals surface area contributed by atoms with Crippen molar-refractivity contribution in [2.24, 2.45) is 0 Å². The van der Waals surface area contributed by atoms with Crippen molar-refractivity contribution in [3.63, 3.8) is 0 Å². The lowest BCUT2D eigenvalue weighted by atomic mass is 10.1. The molecule has 0 spiro atoms.